The van der Waals surface area contributed by atoms with Gasteiger partial charge in [-0.15, -0.1) is 0 Å². The fourth-order valence-corrected chi connectivity index (χ4v) is 1.74. The summed E-state index contributed by atoms with van der Waals surface area (Å²) >= 11 is 0. The third-order valence-corrected chi connectivity index (χ3v) is 3.94. The highest BCUT2D eigenvalue weighted by molar-refractivity contribution is 7.86. The molecule has 0 amide bonds. The van der Waals surface area contributed by atoms with Crippen LogP contribution in [-0.4, -0.2) is 51.7 Å². The minimum Gasteiger partial charge on any atom is -0.478 e. The highest BCUT2D eigenvalue weighted by Gasteiger charge is 2.44. The van der Waals surface area contributed by atoms with E-state index in [0.717, 1.165) is 0 Å². The SMILES string of the molecule is O=C(O)c1ccccc1.O=C(O)c1ccccc1.O=C(O)c1ccccc1.O=S(=O)(O)C(F)(F)F. The second kappa shape index (κ2) is 14.8. The third-order valence-electron chi connectivity index (χ3n) is 3.35. The summed E-state index contributed by atoms with van der Waals surface area (Å²) in [5.41, 5.74) is -4.54. The predicted octanol–water partition coefficient (Wildman–Crippen LogP) is 4.55. The Morgan fingerprint density at radius 1 is 0.543 bits per heavy atom. The first-order chi connectivity index (χ1) is 16.2. The Kier molecular flexibility index (Phi) is 13.0. The van der Waals surface area contributed by atoms with Crippen molar-refractivity contribution in [3.8, 4) is 0 Å². The second-order valence-electron chi connectivity index (χ2n) is 5.93. The highest BCUT2D eigenvalue weighted by atomic mass is 32.2. The Hall–Kier alpha value is -4.23. The molecule has 3 rings (SSSR count). The molecule has 0 heterocycles. The first-order valence-corrected chi connectivity index (χ1v) is 10.5. The fourth-order valence-electron chi connectivity index (χ4n) is 1.74. The van der Waals surface area contributed by atoms with Crippen LogP contribution in [0.15, 0.2) is 91.0 Å². The average molecular weight is 516 g/mol. The van der Waals surface area contributed by atoms with Crippen molar-refractivity contribution in [3.63, 3.8) is 0 Å². The number of carboxylic acid groups (broad SMARTS) is 3. The number of halogens is 3. The number of carboxylic acids is 3. The first kappa shape index (κ1) is 30.8. The van der Waals surface area contributed by atoms with Gasteiger partial charge in [-0.3, -0.25) is 4.55 Å². The maximum absolute atomic E-state index is 10.7. The molecule has 0 saturated heterocycles. The lowest BCUT2D eigenvalue weighted by molar-refractivity contribution is -0.0510. The molecule has 4 N–H and O–H groups in total. The molecular formula is C22H19F3O9S. The molecule has 35 heavy (non-hydrogen) atoms. The highest BCUT2D eigenvalue weighted by Crippen LogP contribution is 2.20. The summed E-state index contributed by atoms with van der Waals surface area (Å²) in [6.45, 7) is 0. The van der Waals surface area contributed by atoms with Gasteiger partial charge in [0.05, 0.1) is 16.7 Å². The van der Waals surface area contributed by atoms with Crippen molar-refractivity contribution >= 4 is 28.0 Å². The Bertz CT molecular complexity index is 1050. The number of carbonyl (C=O) groups is 3. The van der Waals surface area contributed by atoms with Crippen LogP contribution in [0.1, 0.15) is 31.1 Å². The Balaban J connectivity index is 0.000000441. The summed E-state index contributed by atoms with van der Waals surface area (Å²) in [5.74, 6) is -2.64. The lowest BCUT2D eigenvalue weighted by atomic mass is 10.2. The number of aromatic carboxylic acids is 3. The molecule has 0 aliphatic rings. The number of hydrogen-bond acceptors (Lipinski definition) is 5. The maximum atomic E-state index is 10.7. The zero-order valence-corrected chi connectivity index (χ0v) is 18.3. The van der Waals surface area contributed by atoms with E-state index < -0.39 is 33.5 Å². The molecule has 9 nitrogen and oxygen atoms in total. The molecule has 0 bridgehead atoms. The molecule has 0 radical (unpaired) electrons. The summed E-state index contributed by atoms with van der Waals surface area (Å²) in [5, 5.41) is 25.2. The zero-order chi connectivity index (χ0) is 27.1. The molecule has 13 heteroatoms. The smallest absolute Gasteiger partial charge is 0.478 e. The number of rotatable bonds is 3. The molecular weight excluding hydrogens is 497 g/mol. The molecule has 3 aromatic rings. The average Bonchev–Trinajstić information content (AvgIpc) is 2.81. The quantitative estimate of drug-likeness (QED) is 0.288. The minimum atomic E-state index is -5.84. The fraction of sp³-hybridized carbons (Fsp3) is 0.0455. The normalized spacial score (nSPS) is 10.1. The van der Waals surface area contributed by atoms with Crippen LogP contribution >= 0.6 is 0 Å². The minimum absolute atomic E-state index is 0.331. The summed E-state index contributed by atoms with van der Waals surface area (Å²) in [6.07, 6.45) is 0. The topological polar surface area (TPSA) is 166 Å². The monoisotopic (exact) mass is 516 g/mol. The van der Waals surface area contributed by atoms with Gasteiger partial charge in [-0.1, -0.05) is 54.6 Å². The molecule has 0 spiro atoms. The van der Waals surface area contributed by atoms with Gasteiger partial charge in [0.1, 0.15) is 0 Å². The van der Waals surface area contributed by atoms with E-state index in [1.807, 2.05) is 0 Å². The van der Waals surface area contributed by atoms with Gasteiger partial charge in [0.15, 0.2) is 0 Å². The van der Waals surface area contributed by atoms with Crippen LogP contribution in [0, 0.1) is 0 Å². The van der Waals surface area contributed by atoms with Crippen LogP contribution in [0.25, 0.3) is 0 Å². The molecule has 0 aliphatic heterocycles. The first-order valence-electron chi connectivity index (χ1n) is 9.05. The van der Waals surface area contributed by atoms with Crippen molar-refractivity contribution in [2.45, 2.75) is 5.51 Å². The molecule has 0 aliphatic carbocycles. The molecule has 0 fully saturated rings. The van der Waals surface area contributed by atoms with E-state index in [2.05, 4.69) is 0 Å². The Labute approximate surface area is 197 Å². The number of hydrogen-bond donors (Lipinski definition) is 4. The van der Waals surface area contributed by atoms with Gasteiger partial charge in [-0.05, 0) is 36.4 Å². The largest absolute Gasteiger partial charge is 0.522 e. The second-order valence-corrected chi connectivity index (χ2v) is 7.35. The van der Waals surface area contributed by atoms with E-state index >= 15 is 0 Å². The van der Waals surface area contributed by atoms with Crippen LogP contribution < -0.4 is 0 Å². The number of alkyl halides is 3. The van der Waals surface area contributed by atoms with E-state index in [-0.39, 0.29) is 0 Å². The van der Waals surface area contributed by atoms with Gasteiger partial charge < -0.3 is 15.3 Å². The lowest BCUT2D eigenvalue weighted by Crippen LogP contribution is -2.21. The van der Waals surface area contributed by atoms with Gasteiger partial charge >= 0.3 is 33.5 Å². The van der Waals surface area contributed by atoms with Crippen molar-refractivity contribution < 1.29 is 55.8 Å². The van der Waals surface area contributed by atoms with Crippen molar-refractivity contribution in [1.29, 1.82) is 0 Å². The Morgan fingerprint density at radius 2 is 0.714 bits per heavy atom. The van der Waals surface area contributed by atoms with Crippen molar-refractivity contribution in [2.24, 2.45) is 0 Å². The standard InChI is InChI=1S/3C7H6O2.CHF3O3S/c3*8-7(9)6-4-2-1-3-5-6;2-1(3,4)8(5,6)7/h3*1-5H,(H,8,9);(H,5,6,7). The number of benzene rings is 3. The van der Waals surface area contributed by atoms with Crippen LogP contribution in [0.2, 0.25) is 0 Å². The lowest BCUT2D eigenvalue weighted by Gasteiger charge is -1.97. The van der Waals surface area contributed by atoms with E-state index in [0.29, 0.717) is 16.7 Å². The summed E-state index contributed by atoms with van der Waals surface area (Å²) < 4.78 is 57.5. The van der Waals surface area contributed by atoms with Crippen LogP contribution in [-0.2, 0) is 10.1 Å². The van der Waals surface area contributed by atoms with Crippen molar-refractivity contribution in [3.05, 3.63) is 108 Å². The van der Waals surface area contributed by atoms with Gasteiger partial charge in [-0.2, -0.15) is 21.6 Å². The van der Waals surface area contributed by atoms with Gasteiger partial charge in [0, 0.05) is 0 Å². The molecule has 0 unspecified atom stereocenters. The van der Waals surface area contributed by atoms with Crippen LogP contribution in [0.5, 0.6) is 0 Å². The molecule has 0 aromatic heterocycles. The van der Waals surface area contributed by atoms with Gasteiger partial charge in [0.25, 0.3) is 0 Å². The van der Waals surface area contributed by atoms with E-state index in [1.54, 1.807) is 91.0 Å². The van der Waals surface area contributed by atoms with Crippen molar-refractivity contribution in [2.75, 3.05) is 0 Å². The van der Waals surface area contributed by atoms with Crippen LogP contribution in [0.3, 0.4) is 0 Å². The molecule has 0 saturated carbocycles. The summed E-state index contributed by atoms with van der Waals surface area (Å²) in [4.78, 5) is 30.6. The Morgan fingerprint density at radius 3 is 0.800 bits per heavy atom. The van der Waals surface area contributed by atoms with E-state index in [9.17, 15) is 27.6 Å². The summed E-state index contributed by atoms with van der Waals surface area (Å²) in [6, 6.07) is 24.9. The van der Waals surface area contributed by atoms with Gasteiger partial charge in [-0.25, -0.2) is 14.4 Å². The van der Waals surface area contributed by atoms with E-state index in [1.165, 1.54) is 0 Å². The maximum Gasteiger partial charge on any atom is 0.522 e. The van der Waals surface area contributed by atoms with Crippen LogP contribution in [0.4, 0.5) is 13.2 Å². The van der Waals surface area contributed by atoms with E-state index in [4.69, 9.17) is 28.3 Å². The molecule has 3 aromatic carbocycles. The molecule has 0 atom stereocenters. The van der Waals surface area contributed by atoms with Crippen molar-refractivity contribution in [1.82, 2.24) is 0 Å². The molecule has 188 valence electrons. The predicted molar refractivity (Wildman–Crippen MR) is 118 cm³/mol. The third kappa shape index (κ3) is 13.8. The summed E-state index contributed by atoms with van der Waals surface area (Å²) in [7, 11) is -5.84. The zero-order valence-electron chi connectivity index (χ0n) is 17.5. The van der Waals surface area contributed by atoms with Gasteiger partial charge in [0.2, 0.25) is 0 Å².